The first-order valence-electron chi connectivity index (χ1n) is 12.2. The van der Waals surface area contributed by atoms with E-state index >= 15 is 0 Å². The van der Waals surface area contributed by atoms with E-state index in [1.807, 2.05) is 90.0 Å². The number of para-hydroxylation sites is 1. The quantitative estimate of drug-likeness (QED) is 0.409. The van der Waals surface area contributed by atoms with Crippen LogP contribution in [0.3, 0.4) is 0 Å². The molecule has 0 bridgehead atoms. The zero-order chi connectivity index (χ0) is 24.9. The normalized spacial score (nSPS) is 14.2. The summed E-state index contributed by atoms with van der Waals surface area (Å²) in [5, 5.41) is 4.65. The number of benzene rings is 3. The number of nitrogens with one attached hydrogen (secondary N) is 1. The molecule has 3 aromatic carbocycles. The predicted octanol–water partition coefficient (Wildman–Crippen LogP) is 4.42. The highest BCUT2D eigenvalue weighted by molar-refractivity contribution is 6.30. The molecule has 184 valence electrons. The third-order valence-corrected chi connectivity index (χ3v) is 6.90. The lowest BCUT2D eigenvalue weighted by Crippen LogP contribution is -2.51. The van der Waals surface area contributed by atoms with Gasteiger partial charge in [0, 0.05) is 61.4 Å². The summed E-state index contributed by atoms with van der Waals surface area (Å²) in [5.41, 5.74) is 3.95. The first-order valence-corrected chi connectivity index (χ1v) is 12.6. The van der Waals surface area contributed by atoms with E-state index in [0.717, 1.165) is 22.0 Å². The number of carbonyl (C=O) groups excluding carboxylic acids is 2. The van der Waals surface area contributed by atoms with Gasteiger partial charge in [0.15, 0.2) is 0 Å². The molecule has 0 saturated carbocycles. The van der Waals surface area contributed by atoms with Crippen LogP contribution in [0.15, 0.2) is 85.1 Å². The van der Waals surface area contributed by atoms with E-state index in [2.05, 4.69) is 14.8 Å². The molecule has 0 unspecified atom stereocenters. The van der Waals surface area contributed by atoms with Gasteiger partial charge in [0.05, 0.1) is 12.1 Å². The number of fused-ring (bicyclic) bond motifs is 1. The maximum atomic E-state index is 13.5. The first-order chi connectivity index (χ1) is 17.6. The highest BCUT2D eigenvalue weighted by Gasteiger charge is 2.25. The lowest BCUT2D eigenvalue weighted by molar-refractivity contribution is -0.122. The monoisotopic (exact) mass is 500 g/mol. The van der Waals surface area contributed by atoms with Crippen LogP contribution in [0.1, 0.15) is 21.5 Å². The van der Waals surface area contributed by atoms with Crippen LogP contribution in [-0.4, -0.2) is 58.9 Å². The van der Waals surface area contributed by atoms with Crippen molar-refractivity contribution >= 4 is 34.3 Å². The molecule has 0 radical (unpaired) electrons. The summed E-state index contributed by atoms with van der Waals surface area (Å²) in [7, 11) is 0. The molecule has 2 heterocycles. The van der Waals surface area contributed by atoms with Crippen molar-refractivity contribution in [2.75, 3.05) is 32.7 Å². The van der Waals surface area contributed by atoms with E-state index in [-0.39, 0.29) is 11.8 Å². The van der Waals surface area contributed by atoms with Crippen LogP contribution in [0.2, 0.25) is 5.02 Å². The van der Waals surface area contributed by atoms with Gasteiger partial charge in [-0.05, 0) is 29.3 Å². The second-order valence-corrected chi connectivity index (χ2v) is 9.58. The molecule has 4 aromatic rings. The maximum Gasteiger partial charge on any atom is 0.256 e. The molecule has 1 N–H and O–H groups in total. The summed E-state index contributed by atoms with van der Waals surface area (Å²) >= 11 is 6.04. The Morgan fingerprint density at radius 2 is 1.50 bits per heavy atom. The minimum Gasteiger partial charge on any atom is -0.351 e. The molecule has 1 fully saturated rings. The highest BCUT2D eigenvalue weighted by atomic mass is 35.5. The van der Waals surface area contributed by atoms with Crippen molar-refractivity contribution in [3.05, 3.63) is 107 Å². The van der Waals surface area contributed by atoms with E-state index in [0.29, 0.717) is 56.4 Å². The number of piperazine rings is 1. The fourth-order valence-electron chi connectivity index (χ4n) is 4.67. The number of hydrogen-bond acceptors (Lipinski definition) is 3. The Labute approximate surface area is 216 Å². The number of rotatable bonds is 7. The fraction of sp³-hybridized carbons (Fsp3) is 0.241. The molecule has 1 saturated heterocycles. The third kappa shape index (κ3) is 5.61. The second kappa shape index (κ2) is 11.0. The highest BCUT2D eigenvalue weighted by Crippen LogP contribution is 2.24. The van der Waals surface area contributed by atoms with Crippen LogP contribution in [0.25, 0.3) is 10.9 Å². The smallest absolute Gasteiger partial charge is 0.256 e. The number of hydrogen-bond donors (Lipinski definition) is 1. The molecule has 36 heavy (non-hydrogen) atoms. The van der Waals surface area contributed by atoms with Crippen molar-refractivity contribution < 1.29 is 9.59 Å². The van der Waals surface area contributed by atoms with Crippen LogP contribution in [0.4, 0.5) is 0 Å². The summed E-state index contributed by atoms with van der Waals surface area (Å²) in [6.07, 6.45) is 1.96. The number of carbonyl (C=O) groups is 2. The molecule has 0 atom stereocenters. The molecule has 6 nitrogen and oxygen atoms in total. The molecule has 1 aromatic heterocycles. The minimum absolute atomic E-state index is 0.00361. The Balaban J connectivity index is 1.20. The zero-order valence-electron chi connectivity index (χ0n) is 20.1. The molecular formula is C29H29ClN4O2. The SMILES string of the molecule is O=C(CN1CCN(C(=O)c2cn(Cc3ccc(Cl)cc3)c3ccccc23)CC1)NCc1ccccc1. The van der Waals surface area contributed by atoms with Gasteiger partial charge in [-0.25, -0.2) is 0 Å². The lowest BCUT2D eigenvalue weighted by atomic mass is 10.1. The van der Waals surface area contributed by atoms with E-state index in [4.69, 9.17) is 11.6 Å². The predicted molar refractivity (Wildman–Crippen MR) is 143 cm³/mol. The van der Waals surface area contributed by atoms with E-state index in [9.17, 15) is 9.59 Å². The fourth-order valence-corrected chi connectivity index (χ4v) is 4.80. The third-order valence-electron chi connectivity index (χ3n) is 6.64. The Kier molecular flexibility index (Phi) is 7.35. The number of aromatic nitrogens is 1. The van der Waals surface area contributed by atoms with Gasteiger partial charge in [0.25, 0.3) is 5.91 Å². The average molecular weight is 501 g/mol. The molecule has 2 amide bonds. The molecule has 7 heteroatoms. The van der Waals surface area contributed by atoms with Crippen LogP contribution in [-0.2, 0) is 17.9 Å². The number of nitrogens with zero attached hydrogens (tertiary/aromatic N) is 3. The van der Waals surface area contributed by atoms with Gasteiger partial charge in [0.1, 0.15) is 0 Å². The molecule has 1 aliphatic heterocycles. The lowest BCUT2D eigenvalue weighted by Gasteiger charge is -2.34. The molecular weight excluding hydrogens is 472 g/mol. The van der Waals surface area contributed by atoms with Gasteiger partial charge in [-0.1, -0.05) is 72.3 Å². The summed E-state index contributed by atoms with van der Waals surface area (Å²) in [6.45, 7) is 4.08. The minimum atomic E-state index is 0.00361. The van der Waals surface area contributed by atoms with Gasteiger partial charge in [-0.3, -0.25) is 14.5 Å². The van der Waals surface area contributed by atoms with E-state index < -0.39 is 0 Å². The Morgan fingerprint density at radius 3 is 2.25 bits per heavy atom. The summed E-state index contributed by atoms with van der Waals surface area (Å²) < 4.78 is 2.12. The van der Waals surface area contributed by atoms with Crippen LogP contribution >= 0.6 is 11.6 Å². The molecule has 1 aliphatic rings. The van der Waals surface area contributed by atoms with Crippen LogP contribution in [0.5, 0.6) is 0 Å². The summed E-state index contributed by atoms with van der Waals surface area (Å²) in [4.78, 5) is 29.9. The van der Waals surface area contributed by atoms with Crippen LogP contribution in [0, 0.1) is 0 Å². The molecule has 0 aliphatic carbocycles. The van der Waals surface area contributed by atoms with Gasteiger partial charge >= 0.3 is 0 Å². The Hall–Kier alpha value is -3.61. The maximum absolute atomic E-state index is 13.5. The molecule has 0 spiro atoms. The number of halogens is 1. The van der Waals surface area contributed by atoms with E-state index in [1.165, 1.54) is 0 Å². The van der Waals surface area contributed by atoms with Crippen LogP contribution < -0.4 is 5.32 Å². The Bertz CT molecular complexity index is 1340. The zero-order valence-corrected chi connectivity index (χ0v) is 20.8. The van der Waals surface area contributed by atoms with Crippen molar-refractivity contribution in [3.63, 3.8) is 0 Å². The van der Waals surface area contributed by atoms with Gasteiger partial charge in [-0.15, -0.1) is 0 Å². The van der Waals surface area contributed by atoms with Crippen molar-refractivity contribution in [3.8, 4) is 0 Å². The summed E-state index contributed by atoms with van der Waals surface area (Å²) in [6, 6.07) is 25.7. The first kappa shape index (κ1) is 24.1. The number of amides is 2. The largest absolute Gasteiger partial charge is 0.351 e. The summed E-state index contributed by atoms with van der Waals surface area (Å²) in [5.74, 6) is 0.0399. The van der Waals surface area contributed by atoms with Gasteiger partial charge in [-0.2, -0.15) is 0 Å². The van der Waals surface area contributed by atoms with Crippen molar-refractivity contribution in [1.82, 2.24) is 19.7 Å². The topological polar surface area (TPSA) is 57.6 Å². The average Bonchev–Trinajstić information content (AvgIpc) is 3.28. The van der Waals surface area contributed by atoms with Crippen molar-refractivity contribution in [1.29, 1.82) is 0 Å². The van der Waals surface area contributed by atoms with E-state index in [1.54, 1.807) is 0 Å². The van der Waals surface area contributed by atoms with Gasteiger partial charge in [0.2, 0.25) is 5.91 Å². The second-order valence-electron chi connectivity index (χ2n) is 9.14. The molecule has 5 rings (SSSR count). The Morgan fingerprint density at radius 1 is 0.806 bits per heavy atom. The standard InChI is InChI=1S/C29H29ClN4O2/c30-24-12-10-23(11-13-24)19-34-20-26(25-8-4-5-9-27(25)34)29(36)33-16-14-32(15-17-33)21-28(35)31-18-22-6-2-1-3-7-22/h1-13,20H,14-19,21H2,(H,31,35). The van der Waals surface area contributed by atoms with Crippen molar-refractivity contribution in [2.24, 2.45) is 0 Å². The van der Waals surface area contributed by atoms with Gasteiger partial charge < -0.3 is 14.8 Å². The van der Waals surface area contributed by atoms with Crippen molar-refractivity contribution in [2.45, 2.75) is 13.1 Å².